The molecule has 140 valence electrons. The molecule has 0 saturated heterocycles. The summed E-state index contributed by atoms with van der Waals surface area (Å²) in [4.78, 5) is 28.0. The number of aryl methyl sites for hydroxylation is 1. The second-order valence-electron chi connectivity index (χ2n) is 6.05. The molecule has 0 spiro atoms. The first-order valence-corrected chi connectivity index (χ1v) is 9.57. The maximum atomic E-state index is 12.2. The highest BCUT2D eigenvalue weighted by atomic mass is 32.1. The van der Waals surface area contributed by atoms with E-state index in [-0.39, 0.29) is 12.3 Å². The topological polar surface area (TPSA) is 83.2 Å². The van der Waals surface area contributed by atoms with Crippen molar-refractivity contribution >= 4 is 46.1 Å². The fourth-order valence-electron chi connectivity index (χ4n) is 2.53. The number of fused-ring (bicyclic) bond motifs is 1. The maximum absolute atomic E-state index is 12.2. The Kier molecular flexibility index (Phi) is 5.88. The number of hydrazine groups is 1. The summed E-state index contributed by atoms with van der Waals surface area (Å²) in [5, 5.41) is 2.12. The monoisotopic (exact) mass is 401 g/mol. The van der Waals surface area contributed by atoms with Crippen molar-refractivity contribution in [3.63, 3.8) is 0 Å². The Morgan fingerprint density at radius 3 is 2.63 bits per heavy atom. The molecule has 2 amide bonds. The largest absolute Gasteiger partial charge is 0.481 e. The van der Waals surface area contributed by atoms with Gasteiger partial charge in [0.25, 0.3) is 5.91 Å². The van der Waals surface area contributed by atoms with E-state index in [0.29, 0.717) is 9.70 Å². The van der Waals surface area contributed by atoms with E-state index in [1.807, 2.05) is 49.4 Å². The van der Waals surface area contributed by atoms with Gasteiger partial charge in [-0.3, -0.25) is 20.4 Å². The van der Waals surface area contributed by atoms with Gasteiger partial charge in [0.1, 0.15) is 5.75 Å². The Labute approximate surface area is 165 Å². The van der Waals surface area contributed by atoms with Gasteiger partial charge >= 0.3 is 0 Å². The second kappa shape index (κ2) is 8.32. The predicted octanol–water partition coefficient (Wildman–Crippen LogP) is 3.42. The molecule has 0 radical (unpaired) electrons. The van der Waals surface area contributed by atoms with Gasteiger partial charge in [0.05, 0.1) is 6.42 Å². The molecule has 0 aliphatic rings. The average Bonchev–Trinajstić information content (AvgIpc) is 2.96. The highest BCUT2D eigenvalue weighted by Crippen LogP contribution is 2.21. The van der Waals surface area contributed by atoms with Crippen molar-refractivity contribution < 1.29 is 14.3 Å². The summed E-state index contributed by atoms with van der Waals surface area (Å²) in [6.45, 7) is 3.48. The molecule has 27 heavy (non-hydrogen) atoms. The van der Waals surface area contributed by atoms with E-state index in [4.69, 9.17) is 17.0 Å². The Morgan fingerprint density at radius 2 is 1.93 bits per heavy atom. The summed E-state index contributed by atoms with van der Waals surface area (Å²) in [6.07, 6.45) is -0.619. The summed E-state index contributed by atoms with van der Waals surface area (Å²) in [6, 6.07) is 13.5. The van der Waals surface area contributed by atoms with Crippen molar-refractivity contribution in [1.29, 1.82) is 0 Å². The molecule has 2 aromatic carbocycles. The number of aromatic amines is 1. The Bertz CT molecular complexity index is 1040. The van der Waals surface area contributed by atoms with E-state index in [0.717, 1.165) is 21.3 Å². The van der Waals surface area contributed by atoms with Gasteiger partial charge in [0, 0.05) is 10.6 Å². The van der Waals surface area contributed by atoms with Gasteiger partial charge in [-0.25, -0.2) is 0 Å². The molecule has 0 fully saturated rings. The zero-order chi connectivity index (χ0) is 19.4. The SMILES string of the molecule is Cc1[nH]c(=S)sc1CC(=O)NNC(=O)[C@@H](C)Oc1ccc2ccccc2c1. The number of H-pyrrole nitrogens is 1. The quantitative estimate of drug-likeness (QED) is 0.452. The van der Waals surface area contributed by atoms with Gasteiger partial charge in [-0.05, 0) is 49.0 Å². The number of hydrogen-bond donors (Lipinski definition) is 3. The van der Waals surface area contributed by atoms with Crippen LogP contribution < -0.4 is 15.6 Å². The van der Waals surface area contributed by atoms with Crippen LogP contribution in [0.4, 0.5) is 0 Å². The van der Waals surface area contributed by atoms with Gasteiger partial charge in [0.2, 0.25) is 5.91 Å². The molecule has 0 bridgehead atoms. The van der Waals surface area contributed by atoms with E-state index in [1.54, 1.807) is 6.92 Å². The number of benzene rings is 2. The van der Waals surface area contributed by atoms with E-state index >= 15 is 0 Å². The minimum Gasteiger partial charge on any atom is -0.481 e. The normalized spacial score (nSPS) is 11.8. The molecule has 3 rings (SSSR count). The zero-order valence-corrected chi connectivity index (χ0v) is 16.5. The van der Waals surface area contributed by atoms with Crippen LogP contribution in [0.5, 0.6) is 5.75 Å². The third-order valence-electron chi connectivity index (χ3n) is 3.97. The van der Waals surface area contributed by atoms with E-state index < -0.39 is 12.0 Å². The smallest absolute Gasteiger partial charge is 0.279 e. The number of ether oxygens (including phenoxy) is 1. The number of nitrogens with one attached hydrogen (secondary N) is 3. The third kappa shape index (κ3) is 4.93. The van der Waals surface area contributed by atoms with Gasteiger partial charge < -0.3 is 9.72 Å². The molecule has 8 heteroatoms. The van der Waals surface area contributed by atoms with E-state index in [9.17, 15) is 9.59 Å². The van der Waals surface area contributed by atoms with Crippen molar-refractivity contribution in [2.75, 3.05) is 0 Å². The van der Waals surface area contributed by atoms with Crippen molar-refractivity contribution in [2.24, 2.45) is 0 Å². The number of thiazole rings is 1. The molecule has 0 aliphatic heterocycles. The molecular weight excluding hydrogens is 382 g/mol. The number of hydrogen-bond acceptors (Lipinski definition) is 5. The van der Waals surface area contributed by atoms with Crippen LogP contribution in [-0.4, -0.2) is 22.9 Å². The highest BCUT2D eigenvalue weighted by Gasteiger charge is 2.16. The molecule has 3 N–H and O–H groups in total. The standard InChI is InChI=1S/C19H19N3O3S2/c1-11-16(27-19(26)20-11)10-17(23)21-22-18(24)12(2)25-15-8-7-13-5-3-4-6-14(13)9-15/h3-9,12H,10H2,1-2H3,(H,20,26)(H,21,23)(H,22,24)/t12-/m1/s1. The molecule has 0 unspecified atom stereocenters. The summed E-state index contributed by atoms with van der Waals surface area (Å²) >= 11 is 6.40. The van der Waals surface area contributed by atoms with Gasteiger partial charge in [-0.15, -0.1) is 11.3 Å². The second-order valence-corrected chi connectivity index (χ2v) is 7.82. The lowest BCUT2D eigenvalue weighted by molar-refractivity contribution is -0.132. The first kappa shape index (κ1) is 19.1. The third-order valence-corrected chi connectivity index (χ3v) is 5.31. The van der Waals surface area contributed by atoms with Gasteiger partial charge in [0.15, 0.2) is 10.1 Å². The summed E-state index contributed by atoms with van der Waals surface area (Å²) in [5.74, 6) is -0.171. The van der Waals surface area contributed by atoms with Crippen LogP contribution in [0.15, 0.2) is 42.5 Å². The molecule has 1 heterocycles. The van der Waals surface area contributed by atoms with Gasteiger partial charge in [-0.2, -0.15) is 0 Å². The number of amides is 2. The average molecular weight is 402 g/mol. The van der Waals surface area contributed by atoms with Crippen LogP contribution in [0, 0.1) is 10.9 Å². The lowest BCUT2D eigenvalue weighted by Gasteiger charge is -2.15. The summed E-state index contributed by atoms with van der Waals surface area (Å²) in [5.41, 5.74) is 5.66. The predicted molar refractivity (Wildman–Crippen MR) is 108 cm³/mol. The Hall–Kier alpha value is -2.71. The van der Waals surface area contributed by atoms with Crippen LogP contribution in [0.3, 0.4) is 0 Å². The molecule has 0 aliphatic carbocycles. The number of carbonyl (C=O) groups is 2. The lowest BCUT2D eigenvalue weighted by atomic mass is 10.1. The molecule has 1 aromatic heterocycles. The fraction of sp³-hybridized carbons (Fsp3) is 0.211. The van der Waals surface area contributed by atoms with Crippen LogP contribution in [0.25, 0.3) is 10.8 Å². The number of rotatable bonds is 5. The maximum Gasteiger partial charge on any atom is 0.279 e. The van der Waals surface area contributed by atoms with Crippen LogP contribution in [0.1, 0.15) is 17.5 Å². The fourth-order valence-corrected chi connectivity index (χ4v) is 3.82. The zero-order valence-electron chi connectivity index (χ0n) is 14.9. The molecule has 3 aromatic rings. The molecule has 1 atom stereocenters. The van der Waals surface area contributed by atoms with Gasteiger partial charge in [-0.1, -0.05) is 30.3 Å². The Balaban J connectivity index is 1.53. The van der Waals surface area contributed by atoms with Crippen LogP contribution in [-0.2, 0) is 16.0 Å². The summed E-state index contributed by atoms with van der Waals surface area (Å²) < 4.78 is 6.30. The number of carbonyl (C=O) groups excluding carboxylic acids is 2. The first-order valence-electron chi connectivity index (χ1n) is 8.35. The summed E-state index contributed by atoms with van der Waals surface area (Å²) in [7, 11) is 0. The van der Waals surface area contributed by atoms with Crippen LogP contribution >= 0.6 is 23.6 Å². The molecular formula is C19H19N3O3S2. The Morgan fingerprint density at radius 1 is 1.19 bits per heavy atom. The van der Waals surface area contributed by atoms with Crippen molar-refractivity contribution in [1.82, 2.24) is 15.8 Å². The van der Waals surface area contributed by atoms with Crippen molar-refractivity contribution in [3.05, 3.63) is 57.0 Å². The van der Waals surface area contributed by atoms with Crippen LogP contribution in [0.2, 0.25) is 0 Å². The molecule has 0 saturated carbocycles. The highest BCUT2D eigenvalue weighted by molar-refractivity contribution is 7.73. The van der Waals surface area contributed by atoms with E-state index in [2.05, 4.69) is 15.8 Å². The first-order chi connectivity index (χ1) is 12.9. The minimum absolute atomic E-state index is 0.143. The van der Waals surface area contributed by atoms with Crippen molar-refractivity contribution in [3.8, 4) is 5.75 Å². The lowest BCUT2D eigenvalue weighted by Crippen LogP contribution is -2.47. The van der Waals surface area contributed by atoms with E-state index in [1.165, 1.54) is 11.3 Å². The number of aromatic nitrogens is 1. The molecule has 6 nitrogen and oxygen atoms in total. The van der Waals surface area contributed by atoms with Crippen molar-refractivity contribution in [2.45, 2.75) is 26.4 Å². The minimum atomic E-state index is -0.762.